The van der Waals surface area contributed by atoms with Crippen molar-refractivity contribution in [3.63, 3.8) is 0 Å². The van der Waals surface area contributed by atoms with Crippen molar-refractivity contribution in [2.24, 2.45) is 0 Å². The van der Waals surface area contributed by atoms with Crippen LogP contribution >= 0.6 is 11.3 Å². The molecule has 0 radical (unpaired) electrons. The number of carbonyl (C=O) groups is 2. The van der Waals surface area contributed by atoms with E-state index in [9.17, 15) is 9.59 Å². The van der Waals surface area contributed by atoms with Crippen LogP contribution < -0.4 is 5.32 Å². The molecule has 0 saturated heterocycles. The number of ether oxygens (including phenoxy) is 1. The van der Waals surface area contributed by atoms with Crippen molar-refractivity contribution < 1.29 is 18.7 Å². The van der Waals surface area contributed by atoms with Crippen molar-refractivity contribution in [2.75, 3.05) is 11.9 Å². The number of esters is 1. The van der Waals surface area contributed by atoms with E-state index in [1.54, 1.807) is 24.4 Å². The molecule has 3 aromatic rings. The lowest BCUT2D eigenvalue weighted by Gasteiger charge is -2.04. The largest absolute Gasteiger partial charge is 0.450 e. The first-order chi connectivity index (χ1) is 11.6. The Kier molecular flexibility index (Phi) is 4.31. The zero-order chi connectivity index (χ0) is 17.1. The van der Waals surface area contributed by atoms with E-state index in [2.05, 4.69) is 5.32 Å². The molecule has 0 saturated carbocycles. The molecular formula is C17H12N2O4S. The number of anilines is 1. The van der Waals surface area contributed by atoms with E-state index in [0.29, 0.717) is 21.7 Å². The second-order valence-corrected chi connectivity index (χ2v) is 5.87. The zero-order valence-electron chi connectivity index (χ0n) is 12.7. The molecule has 0 aliphatic heterocycles. The van der Waals surface area contributed by atoms with Crippen molar-refractivity contribution in [3.8, 4) is 6.07 Å². The van der Waals surface area contributed by atoms with Gasteiger partial charge < -0.3 is 14.5 Å². The molecular weight excluding hydrogens is 328 g/mol. The number of hydrogen-bond donors (Lipinski definition) is 1. The average molecular weight is 340 g/mol. The number of aryl methyl sites for hydroxylation is 1. The number of nitrogens with zero attached hydrogens (tertiary/aromatic N) is 1. The van der Waals surface area contributed by atoms with Crippen molar-refractivity contribution in [3.05, 3.63) is 52.6 Å². The van der Waals surface area contributed by atoms with Crippen LogP contribution in [-0.2, 0) is 9.53 Å². The number of furan rings is 1. The van der Waals surface area contributed by atoms with Gasteiger partial charge in [0, 0.05) is 10.9 Å². The van der Waals surface area contributed by atoms with E-state index in [1.807, 2.05) is 24.3 Å². The van der Waals surface area contributed by atoms with Gasteiger partial charge in [-0.2, -0.15) is 5.26 Å². The molecule has 120 valence electrons. The van der Waals surface area contributed by atoms with Crippen molar-refractivity contribution in [1.82, 2.24) is 0 Å². The molecule has 3 rings (SSSR count). The van der Waals surface area contributed by atoms with E-state index in [1.165, 1.54) is 11.3 Å². The summed E-state index contributed by atoms with van der Waals surface area (Å²) in [5.41, 5.74) is 1.62. The number of rotatable bonds is 4. The summed E-state index contributed by atoms with van der Waals surface area (Å²) < 4.78 is 10.5. The number of hydrogen-bond acceptors (Lipinski definition) is 6. The van der Waals surface area contributed by atoms with Crippen LogP contribution in [0.4, 0.5) is 5.00 Å². The lowest BCUT2D eigenvalue weighted by molar-refractivity contribution is -0.119. The highest BCUT2D eigenvalue weighted by molar-refractivity contribution is 7.14. The Morgan fingerprint density at radius 3 is 2.88 bits per heavy atom. The van der Waals surface area contributed by atoms with E-state index >= 15 is 0 Å². The highest BCUT2D eigenvalue weighted by atomic mass is 32.1. The first-order valence-corrected chi connectivity index (χ1v) is 7.91. The second kappa shape index (κ2) is 6.56. The first-order valence-electron chi connectivity index (χ1n) is 7.03. The normalized spacial score (nSPS) is 10.3. The van der Waals surface area contributed by atoms with Crippen LogP contribution in [0.15, 0.2) is 40.1 Å². The minimum Gasteiger partial charge on any atom is -0.450 e. The van der Waals surface area contributed by atoms with Crippen LogP contribution in [0, 0.1) is 18.3 Å². The molecule has 0 aliphatic carbocycles. The quantitative estimate of drug-likeness (QED) is 0.734. The first kappa shape index (κ1) is 15.8. The summed E-state index contributed by atoms with van der Waals surface area (Å²) in [5, 5.41) is 14.4. The van der Waals surface area contributed by atoms with Crippen LogP contribution in [0.5, 0.6) is 0 Å². The summed E-state index contributed by atoms with van der Waals surface area (Å²) >= 11 is 1.23. The van der Waals surface area contributed by atoms with Gasteiger partial charge in [-0.15, -0.1) is 11.3 Å². The zero-order valence-corrected chi connectivity index (χ0v) is 13.5. The molecule has 0 bridgehead atoms. The number of benzene rings is 1. The van der Waals surface area contributed by atoms with Crippen molar-refractivity contribution in [2.45, 2.75) is 6.92 Å². The topological polar surface area (TPSA) is 92.3 Å². The number of carbonyl (C=O) groups excluding carboxylic acids is 2. The Hall–Kier alpha value is -3.11. The van der Waals surface area contributed by atoms with Crippen LogP contribution in [0.1, 0.15) is 21.7 Å². The number of nitriles is 1. The number of amides is 1. The maximum absolute atomic E-state index is 12.1. The lowest BCUT2D eigenvalue weighted by atomic mass is 10.1. The third-order valence-electron chi connectivity index (χ3n) is 3.40. The monoisotopic (exact) mass is 340 g/mol. The van der Waals surface area contributed by atoms with Crippen molar-refractivity contribution in [1.29, 1.82) is 5.26 Å². The number of para-hydroxylation sites is 1. The standard InChI is InChI=1S/C17H12N2O4S/c1-10-12-4-2-3-5-13(12)23-15(10)17(21)22-9-14(20)19-16-11(8-18)6-7-24-16/h2-7H,9H2,1H3,(H,19,20). The van der Waals surface area contributed by atoms with E-state index in [-0.39, 0.29) is 5.76 Å². The maximum atomic E-state index is 12.1. The summed E-state index contributed by atoms with van der Waals surface area (Å²) in [4.78, 5) is 24.0. The molecule has 1 aromatic carbocycles. The van der Waals surface area contributed by atoms with Gasteiger partial charge in [-0.1, -0.05) is 18.2 Å². The van der Waals surface area contributed by atoms with Crippen LogP contribution in [0.25, 0.3) is 11.0 Å². The summed E-state index contributed by atoms with van der Waals surface area (Å²) in [6, 6.07) is 10.8. The van der Waals surface area contributed by atoms with Gasteiger partial charge >= 0.3 is 5.97 Å². The minimum absolute atomic E-state index is 0.0813. The van der Waals surface area contributed by atoms with Gasteiger partial charge in [0.25, 0.3) is 5.91 Å². The number of fused-ring (bicyclic) bond motifs is 1. The highest BCUT2D eigenvalue weighted by Crippen LogP contribution is 2.25. The molecule has 0 spiro atoms. The van der Waals surface area contributed by atoms with E-state index in [4.69, 9.17) is 14.4 Å². The van der Waals surface area contributed by atoms with E-state index in [0.717, 1.165) is 5.39 Å². The molecule has 1 N–H and O–H groups in total. The summed E-state index contributed by atoms with van der Waals surface area (Å²) in [7, 11) is 0. The molecule has 0 atom stereocenters. The van der Waals surface area contributed by atoms with Crippen LogP contribution in [0.3, 0.4) is 0 Å². The molecule has 0 unspecified atom stereocenters. The van der Waals surface area contributed by atoms with Gasteiger partial charge in [0.15, 0.2) is 6.61 Å². The number of thiophene rings is 1. The van der Waals surface area contributed by atoms with Gasteiger partial charge in [-0.3, -0.25) is 4.79 Å². The van der Waals surface area contributed by atoms with Gasteiger partial charge in [0.05, 0.1) is 5.56 Å². The Labute approximate surface area is 141 Å². The number of nitrogens with one attached hydrogen (secondary N) is 1. The predicted octanol–water partition coefficient (Wildman–Crippen LogP) is 3.47. The smallest absolute Gasteiger partial charge is 0.375 e. The van der Waals surface area contributed by atoms with Gasteiger partial charge in [-0.25, -0.2) is 4.79 Å². The molecule has 0 aliphatic rings. The second-order valence-electron chi connectivity index (χ2n) is 4.95. The predicted molar refractivity (Wildman–Crippen MR) is 88.9 cm³/mol. The summed E-state index contributed by atoms with van der Waals surface area (Å²) in [5.74, 6) is -1.14. The average Bonchev–Trinajstić information content (AvgIpc) is 3.17. The molecule has 2 aromatic heterocycles. The van der Waals surface area contributed by atoms with Gasteiger partial charge in [0.2, 0.25) is 5.76 Å². The van der Waals surface area contributed by atoms with Gasteiger partial charge in [-0.05, 0) is 24.4 Å². The summed E-state index contributed by atoms with van der Waals surface area (Å²) in [6.45, 7) is 1.30. The van der Waals surface area contributed by atoms with Gasteiger partial charge in [0.1, 0.15) is 16.7 Å². The Morgan fingerprint density at radius 2 is 2.12 bits per heavy atom. The molecule has 1 amide bonds. The van der Waals surface area contributed by atoms with Crippen LogP contribution in [0.2, 0.25) is 0 Å². The fourth-order valence-electron chi connectivity index (χ4n) is 2.22. The molecule has 2 heterocycles. The summed E-state index contributed by atoms with van der Waals surface area (Å²) in [6.07, 6.45) is 0. The van der Waals surface area contributed by atoms with E-state index < -0.39 is 18.5 Å². The Balaban J connectivity index is 1.65. The molecule has 0 fully saturated rings. The third-order valence-corrected chi connectivity index (χ3v) is 4.23. The lowest BCUT2D eigenvalue weighted by Crippen LogP contribution is -2.20. The molecule has 24 heavy (non-hydrogen) atoms. The maximum Gasteiger partial charge on any atom is 0.375 e. The Morgan fingerprint density at radius 1 is 1.33 bits per heavy atom. The fraction of sp³-hybridized carbons (Fsp3) is 0.118. The molecule has 6 nitrogen and oxygen atoms in total. The minimum atomic E-state index is -0.703. The third kappa shape index (κ3) is 3.00. The van der Waals surface area contributed by atoms with Crippen LogP contribution in [-0.4, -0.2) is 18.5 Å². The van der Waals surface area contributed by atoms with Crippen molar-refractivity contribution >= 4 is 39.2 Å². The fourth-order valence-corrected chi connectivity index (χ4v) is 2.98. The SMILES string of the molecule is Cc1c(C(=O)OCC(=O)Nc2sccc2C#N)oc2ccccc12. The molecule has 7 heteroatoms. The highest BCUT2D eigenvalue weighted by Gasteiger charge is 2.20. The Bertz CT molecular complexity index is 965.